The Hall–Kier alpha value is -1.06. The lowest BCUT2D eigenvalue weighted by atomic mass is 9.93. The largest absolute Gasteiger partial charge is 0.370 e. The maximum atomic E-state index is 10.9. The third kappa shape index (κ3) is 4.00. The van der Waals surface area contributed by atoms with Crippen molar-refractivity contribution in [2.24, 2.45) is 11.7 Å². The summed E-state index contributed by atoms with van der Waals surface area (Å²) in [5, 5.41) is 0.777. The van der Waals surface area contributed by atoms with E-state index < -0.39 is 0 Å². The first-order valence-corrected chi connectivity index (χ1v) is 6.76. The fraction of sp³-hybridized carbons (Fsp3) is 0.500. The smallest absolute Gasteiger partial charge is 0.217 e. The van der Waals surface area contributed by atoms with Crippen molar-refractivity contribution in [3.05, 3.63) is 34.9 Å². The molecule has 1 amide bonds. The highest BCUT2D eigenvalue weighted by atomic mass is 35.5. The first kappa shape index (κ1) is 13.4. The molecule has 1 saturated heterocycles. The molecule has 1 aromatic carbocycles. The summed E-state index contributed by atoms with van der Waals surface area (Å²) in [5.74, 6) is 0.301. The number of hydrogen-bond acceptors (Lipinski definition) is 2. The molecular formula is C14H19ClN2O. The van der Waals surface area contributed by atoms with Crippen molar-refractivity contribution in [2.75, 3.05) is 13.1 Å². The number of nitrogens with two attached hydrogens (primary N) is 1. The van der Waals surface area contributed by atoms with Gasteiger partial charge in [-0.1, -0.05) is 23.7 Å². The Balaban J connectivity index is 1.79. The van der Waals surface area contributed by atoms with Crippen LogP contribution in [0.5, 0.6) is 0 Å². The van der Waals surface area contributed by atoms with E-state index in [9.17, 15) is 4.79 Å². The van der Waals surface area contributed by atoms with Gasteiger partial charge in [0.2, 0.25) is 5.91 Å². The summed E-state index contributed by atoms with van der Waals surface area (Å²) in [4.78, 5) is 13.3. The molecule has 1 aliphatic heterocycles. The van der Waals surface area contributed by atoms with E-state index in [4.69, 9.17) is 17.3 Å². The molecule has 0 spiro atoms. The Morgan fingerprint density at radius 3 is 2.44 bits per heavy atom. The lowest BCUT2D eigenvalue weighted by Gasteiger charge is -2.31. The molecule has 0 aliphatic carbocycles. The fourth-order valence-corrected chi connectivity index (χ4v) is 2.61. The van der Waals surface area contributed by atoms with E-state index in [1.807, 2.05) is 12.1 Å². The van der Waals surface area contributed by atoms with Crippen LogP contribution < -0.4 is 5.73 Å². The second-order valence-corrected chi connectivity index (χ2v) is 5.45. The molecule has 0 radical (unpaired) electrons. The molecule has 1 fully saturated rings. The van der Waals surface area contributed by atoms with Crippen molar-refractivity contribution >= 4 is 17.5 Å². The monoisotopic (exact) mass is 266 g/mol. The average Bonchev–Trinajstić information content (AvgIpc) is 2.34. The predicted molar refractivity (Wildman–Crippen MR) is 73.3 cm³/mol. The van der Waals surface area contributed by atoms with Gasteiger partial charge in [-0.3, -0.25) is 9.69 Å². The van der Waals surface area contributed by atoms with Crippen LogP contribution in [-0.4, -0.2) is 23.9 Å². The summed E-state index contributed by atoms with van der Waals surface area (Å²) in [5.41, 5.74) is 6.52. The topological polar surface area (TPSA) is 46.3 Å². The summed E-state index contributed by atoms with van der Waals surface area (Å²) in [6.07, 6.45) is 2.67. The minimum absolute atomic E-state index is 0.175. The molecular weight excluding hydrogens is 248 g/mol. The maximum absolute atomic E-state index is 10.9. The van der Waals surface area contributed by atoms with Gasteiger partial charge in [-0.2, -0.15) is 0 Å². The number of piperidine rings is 1. The highest BCUT2D eigenvalue weighted by Crippen LogP contribution is 2.21. The van der Waals surface area contributed by atoms with Gasteiger partial charge in [-0.05, 0) is 49.5 Å². The molecule has 0 atom stereocenters. The zero-order valence-electron chi connectivity index (χ0n) is 10.4. The molecule has 1 aromatic rings. The third-order valence-electron chi connectivity index (χ3n) is 3.52. The molecule has 3 nitrogen and oxygen atoms in total. The van der Waals surface area contributed by atoms with Gasteiger partial charge in [0.05, 0.1) is 0 Å². The average molecular weight is 267 g/mol. The van der Waals surface area contributed by atoms with Crippen LogP contribution in [0.15, 0.2) is 24.3 Å². The van der Waals surface area contributed by atoms with Crippen molar-refractivity contribution in [3.8, 4) is 0 Å². The van der Waals surface area contributed by atoms with E-state index in [2.05, 4.69) is 17.0 Å². The normalized spacial score (nSPS) is 17.8. The summed E-state index contributed by atoms with van der Waals surface area (Å²) in [6.45, 7) is 3.04. The van der Waals surface area contributed by atoms with Crippen LogP contribution in [0.25, 0.3) is 0 Å². The van der Waals surface area contributed by atoms with E-state index in [0.29, 0.717) is 12.3 Å². The minimum Gasteiger partial charge on any atom is -0.370 e. The van der Waals surface area contributed by atoms with E-state index in [1.54, 1.807) is 0 Å². The van der Waals surface area contributed by atoms with Gasteiger partial charge in [0.25, 0.3) is 0 Å². The lowest BCUT2D eigenvalue weighted by molar-refractivity contribution is -0.119. The lowest BCUT2D eigenvalue weighted by Crippen LogP contribution is -2.34. The molecule has 98 valence electrons. The number of likely N-dealkylation sites (tertiary alicyclic amines) is 1. The number of rotatable bonds is 4. The van der Waals surface area contributed by atoms with Crippen molar-refractivity contribution in [2.45, 2.75) is 25.8 Å². The van der Waals surface area contributed by atoms with Crippen LogP contribution in [0.1, 0.15) is 24.8 Å². The summed E-state index contributed by atoms with van der Waals surface area (Å²) in [6, 6.07) is 7.99. The van der Waals surface area contributed by atoms with Crippen LogP contribution in [-0.2, 0) is 11.3 Å². The van der Waals surface area contributed by atoms with Crippen LogP contribution in [0, 0.1) is 5.92 Å². The number of hydrogen-bond donors (Lipinski definition) is 1. The number of halogens is 1. The zero-order valence-corrected chi connectivity index (χ0v) is 11.2. The van der Waals surface area contributed by atoms with E-state index in [0.717, 1.165) is 37.5 Å². The summed E-state index contributed by atoms with van der Waals surface area (Å²) >= 11 is 5.86. The molecule has 1 heterocycles. The second-order valence-electron chi connectivity index (χ2n) is 5.02. The van der Waals surface area contributed by atoms with Gasteiger partial charge in [-0.15, -0.1) is 0 Å². The SMILES string of the molecule is NC(=O)CC1CCN(Cc2ccc(Cl)cc2)CC1. The number of primary amides is 1. The van der Waals surface area contributed by atoms with Crippen molar-refractivity contribution in [1.82, 2.24) is 4.90 Å². The van der Waals surface area contributed by atoms with Gasteiger partial charge in [0, 0.05) is 18.0 Å². The van der Waals surface area contributed by atoms with Gasteiger partial charge < -0.3 is 5.73 Å². The molecule has 0 unspecified atom stereocenters. The number of nitrogens with zero attached hydrogens (tertiary/aromatic N) is 1. The highest BCUT2D eigenvalue weighted by Gasteiger charge is 2.20. The maximum Gasteiger partial charge on any atom is 0.217 e. The molecule has 1 aliphatic rings. The standard InChI is InChI=1S/C14H19ClN2O/c15-13-3-1-12(2-4-13)10-17-7-5-11(6-8-17)9-14(16)18/h1-4,11H,5-10H2,(H2,16,18). The fourth-order valence-electron chi connectivity index (χ4n) is 2.48. The van der Waals surface area contributed by atoms with Crippen molar-refractivity contribution in [1.29, 1.82) is 0 Å². The van der Waals surface area contributed by atoms with E-state index in [-0.39, 0.29) is 5.91 Å². The first-order chi connectivity index (χ1) is 8.63. The van der Waals surface area contributed by atoms with Gasteiger partial charge in [0.15, 0.2) is 0 Å². The third-order valence-corrected chi connectivity index (χ3v) is 3.77. The molecule has 2 N–H and O–H groups in total. The van der Waals surface area contributed by atoms with E-state index in [1.165, 1.54) is 5.56 Å². The van der Waals surface area contributed by atoms with Crippen LogP contribution in [0.3, 0.4) is 0 Å². The Morgan fingerprint density at radius 2 is 1.89 bits per heavy atom. The van der Waals surface area contributed by atoms with Gasteiger partial charge >= 0.3 is 0 Å². The molecule has 0 saturated carbocycles. The Morgan fingerprint density at radius 1 is 1.28 bits per heavy atom. The number of carbonyl (C=O) groups is 1. The molecule has 4 heteroatoms. The van der Waals surface area contributed by atoms with Crippen molar-refractivity contribution in [3.63, 3.8) is 0 Å². The zero-order chi connectivity index (χ0) is 13.0. The summed E-state index contributed by atoms with van der Waals surface area (Å²) < 4.78 is 0. The quantitative estimate of drug-likeness (QED) is 0.910. The Kier molecular flexibility index (Phi) is 4.61. The van der Waals surface area contributed by atoms with Gasteiger partial charge in [0.1, 0.15) is 0 Å². The summed E-state index contributed by atoms with van der Waals surface area (Å²) in [7, 11) is 0. The molecule has 18 heavy (non-hydrogen) atoms. The van der Waals surface area contributed by atoms with Crippen LogP contribution >= 0.6 is 11.6 Å². The minimum atomic E-state index is -0.175. The number of amides is 1. The number of benzene rings is 1. The molecule has 0 aromatic heterocycles. The predicted octanol–water partition coefficient (Wildman–Crippen LogP) is 2.43. The van der Waals surface area contributed by atoms with Crippen molar-refractivity contribution < 1.29 is 4.79 Å². The highest BCUT2D eigenvalue weighted by molar-refractivity contribution is 6.30. The number of carbonyl (C=O) groups excluding carboxylic acids is 1. The first-order valence-electron chi connectivity index (χ1n) is 6.38. The second kappa shape index (κ2) is 6.21. The van der Waals surface area contributed by atoms with Crippen LogP contribution in [0.2, 0.25) is 5.02 Å². The Labute approximate surface area is 113 Å². The molecule has 2 rings (SSSR count). The molecule has 0 bridgehead atoms. The van der Waals surface area contributed by atoms with Gasteiger partial charge in [-0.25, -0.2) is 0 Å². The van der Waals surface area contributed by atoms with Crippen LogP contribution in [0.4, 0.5) is 0 Å². The van der Waals surface area contributed by atoms with E-state index >= 15 is 0 Å². The Bertz CT molecular complexity index is 397.